The fourth-order valence-electron chi connectivity index (χ4n) is 3.01. The Bertz CT molecular complexity index is 719. The van der Waals surface area contributed by atoms with Crippen molar-refractivity contribution in [3.63, 3.8) is 0 Å². The number of urea groups is 1. The molecular weight excluding hydrogens is 333 g/mol. The highest BCUT2D eigenvalue weighted by atomic mass is 19.1. The molecule has 0 unspecified atom stereocenters. The number of carbonyl (C=O) groups is 1. The summed E-state index contributed by atoms with van der Waals surface area (Å²) in [5.74, 6) is 0.553. The van der Waals surface area contributed by atoms with Gasteiger partial charge in [0, 0.05) is 25.3 Å². The molecule has 0 radical (unpaired) electrons. The van der Waals surface area contributed by atoms with Crippen LogP contribution in [0.4, 0.5) is 14.9 Å². The Morgan fingerprint density at radius 1 is 1.12 bits per heavy atom. The number of rotatable bonds is 5. The second-order valence-electron chi connectivity index (χ2n) is 6.32. The lowest BCUT2D eigenvalue weighted by Crippen LogP contribution is -2.48. The molecule has 26 heavy (non-hydrogen) atoms. The van der Waals surface area contributed by atoms with E-state index in [1.807, 2.05) is 31.2 Å². The van der Waals surface area contributed by atoms with E-state index in [1.54, 1.807) is 17.0 Å². The van der Waals surface area contributed by atoms with Crippen molar-refractivity contribution in [1.82, 2.24) is 9.80 Å². The van der Waals surface area contributed by atoms with Gasteiger partial charge < -0.3 is 15.0 Å². The average Bonchev–Trinajstić information content (AvgIpc) is 2.66. The number of nitrogens with zero attached hydrogens (tertiary/aromatic N) is 2. The predicted molar refractivity (Wildman–Crippen MR) is 99.6 cm³/mol. The van der Waals surface area contributed by atoms with Crippen LogP contribution in [0.25, 0.3) is 0 Å². The molecule has 1 N–H and O–H groups in total. The predicted octanol–water partition coefficient (Wildman–Crippen LogP) is 3.92. The van der Waals surface area contributed by atoms with Gasteiger partial charge in [0.1, 0.15) is 11.6 Å². The molecule has 0 spiro atoms. The number of halogens is 1. The van der Waals surface area contributed by atoms with Gasteiger partial charge in [-0.05, 0) is 55.3 Å². The van der Waals surface area contributed by atoms with Crippen molar-refractivity contribution in [3.05, 3.63) is 59.9 Å². The third-order valence-corrected chi connectivity index (χ3v) is 4.30. The monoisotopic (exact) mass is 357 g/mol. The highest BCUT2D eigenvalue weighted by molar-refractivity contribution is 5.89. The molecule has 2 aromatic carbocycles. The first-order valence-corrected chi connectivity index (χ1v) is 8.89. The number of nitrogens with one attached hydrogen (secondary N) is 1. The number of hydrogen-bond acceptors (Lipinski definition) is 3. The van der Waals surface area contributed by atoms with Gasteiger partial charge in [-0.25, -0.2) is 9.18 Å². The zero-order valence-electron chi connectivity index (χ0n) is 15.0. The summed E-state index contributed by atoms with van der Waals surface area (Å²) in [6, 6.07) is 13.8. The second-order valence-corrected chi connectivity index (χ2v) is 6.32. The SMILES string of the molecule is CCOc1ccc(NC(=O)N2CCCN(Cc3ccc(F)cc3)C2)cc1. The molecule has 1 saturated heterocycles. The van der Waals surface area contributed by atoms with E-state index in [9.17, 15) is 9.18 Å². The lowest BCUT2D eigenvalue weighted by Gasteiger charge is -2.35. The summed E-state index contributed by atoms with van der Waals surface area (Å²) in [5.41, 5.74) is 1.79. The van der Waals surface area contributed by atoms with Crippen LogP contribution in [-0.2, 0) is 6.54 Å². The molecule has 0 aliphatic carbocycles. The Morgan fingerprint density at radius 2 is 1.85 bits per heavy atom. The minimum Gasteiger partial charge on any atom is -0.494 e. The van der Waals surface area contributed by atoms with Crippen LogP contribution in [0, 0.1) is 5.82 Å². The van der Waals surface area contributed by atoms with Crippen molar-refractivity contribution in [1.29, 1.82) is 0 Å². The maximum absolute atomic E-state index is 13.0. The summed E-state index contributed by atoms with van der Waals surface area (Å²) in [5, 5.41) is 2.93. The minimum absolute atomic E-state index is 0.113. The Labute approximate surface area is 153 Å². The molecule has 5 nitrogen and oxygen atoms in total. The summed E-state index contributed by atoms with van der Waals surface area (Å²) >= 11 is 0. The topological polar surface area (TPSA) is 44.8 Å². The number of benzene rings is 2. The molecule has 0 bridgehead atoms. The first kappa shape index (κ1) is 18.2. The average molecular weight is 357 g/mol. The van der Waals surface area contributed by atoms with E-state index < -0.39 is 0 Å². The van der Waals surface area contributed by atoms with Crippen LogP contribution in [0.15, 0.2) is 48.5 Å². The maximum Gasteiger partial charge on any atom is 0.322 e. The van der Waals surface area contributed by atoms with E-state index in [1.165, 1.54) is 12.1 Å². The molecule has 2 amide bonds. The van der Waals surface area contributed by atoms with E-state index in [4.69, 9.17) is 4.74 Å². The van der Waals surface area contributed by atoms with Crippen molar-refractivity contribution in [2.45, 2.75) is 19.9 Å². The molecule has 6 heteroatoms. The smallest absolute Gasteiger partial charge is 0.322 e. The summed E-state index contributed by atoms with van der Waals surface area (Å²) in [6.45, 7) is 5.45. The van der Waals surface area contributed by atoms with Gasteiger partial charge in [-0.1, -0.05) is 12.1 Å². The summed E-state index contributed by atoms with van der Waals surface area (Å²) in [6.07, 6.45) is 0.915. The first-order valence-electron chi connectivity index (χ1n) is 8.89. The molecule has 0 atom stereocenters. The number of hydrogen-bond donors (Lipinski definition) is 1. The van der Waals surface area contributed by atoms with Gasteiger partial charge in [-0.15, -0.1) is 0 Å². The van der Waals surface area contributed by atoms with E-state index in [0.717, 1.165) is 36.5 Å². The highest BCUT2D eigenvalue weighted by Crippen LogP contribution is 2.17. The largest absolute Gasteiger partial charge is 0.494 e. The molecule has 0 aromatic heterocycles. The number of carbonyl (C=O) groups excluding carboxylic acids is 1. The lowest BCUT2D eigenvalue weighted by molar-refractivity contribution is 0.105. The van der Waals surface area contributed by atoms with Gasteiger partial charge in [0.05, 0.1) is 13.3 Å². The molecule has 1 aliphatic heterocycles. The highest BCUT2D eigenvalue weighted by Gasteiger charge is 2.21. The van der Waals surface area contributed by atoms with Crippen molar-refractivity contribution >= 4 is 11.7 Å². The van der Waals surface area contributed by atoms with Crippen molar-refractivity contribution in [2.24, 2.45) is 0 Å². The Hall–Kier alpha value is -2.60. The third kappa shape index (κ3) is 4.95. The second kappa shape index (κ2) is 8.67. The Balaban J connectivity index is 1.54. The van der Waals surface area contributed by atoms with Gasteiger partial charge in [0.2, 0.25) is 0 Å². The van der Waals surface area contributed by atoms with E-state index in [0.29, 0.717) is 19.8 Å². The van der Waals surface area contributed by atoms with E-state index in [-0.39, 0.29) is 11.8 Å². The van der Waals surface area contributed by atoms with Crippen LogP contribution < -0.4 is 10.1 Å². The van der Waals surface area contributed by atoms with E-state index >= 15 is 0 Å². The molecule has 1 heterocycles. The third-order valence-electron chi connectivity index (χ3n) is 4.30. The summed E-state index contributed by atoms with van der Waals surface area (Å²) < 4.78 is 18.4. The fraction of sp³-hybridized carbons (Fsp3) is 0.350. The van der Waals surface area contributed by atoms with Crippen LogP contribution in [-0.4, -0.2) is 42.2 Å². The molecule has 1 aliphatic rings. The zero-order chi connectivity index (χ0) is 18.4. The van der Waals surface area contributed by atoms with Crippen LogP contribution in [0.1, 0.15) is 18.9 Å². The minimum atomic E-state index is -0.233. The molecule has 0 saturated carbocycles. The maximum atomic E-state index is 13.0. The molecule has 138 valence electrons. The fourth-order valence-corrected chi connectivity index (χ4v) is 3.01. The van der Waals surface area contributed by atoms with Gasteiger partial charge >= 0.3 is 6.03 Å². The van der Waals surface area contributed by atoms with Crippen LogP contribution in [0.2, 0.25) is 0 Å². The van der Waals surface area contributed by atoms with Crippen LogP contribution in [0.5, 0.6) is 5.75 Å². The number of amides is 2. The summed E-state index contributed by atoms with van der Waals surface area (Å²) in [7, 11) is 0. The zero-order valence-corrected chi connectivity index (χ0v) is 15.0. The van der Waals surface area contributed by atoms with E-state index in [2.05, 4.69) is 10.2 Å². The normalized spacial score (nSPS) is 14.9. The first-order chi connectivity index (χ1) is 12.6. The lowest BCUT2D eigenvalue weighted by atomic mass is 10.2. The van der Waals surface area contributed by atoms with Gasteiger partial charge in [-0.3, -0.25) is 4.90 Å². The molecule has 1 fully saturated rings. The van der Waals surface area contributed by atoms with Gasteiger partial charge in [-0.2, -0.15) is 0 Å². The van der Waals surface area contributed by atoms with Crippen molar-refractivity contribution in [2.75, 3.05) is 31.7 Å². The Morgan fingerprint density at radius 3 is 2.54 bits per heavy atom. The standard InChI is InChI=1S/C20H24FN3O2/c1-2-26-19-10-8-18(9-11-19)22-20(25)24-13-3-12-23(15-24)14-16-4-6-17(21)7-5-16/h4-11H,2-3,12-15H2,1H3,(H,22,25). The van der Waals surface area contributed by atoms with Crippen LogP contribution >= 0.6 is 0 Å². The van der Waals surface area contributed by atoms with Gasteiger partial charge in [0.15, 0.2) is 0 Å². The quantitative estimate of drug-likeness (QED) is 0.882. The number of ether oxygens (including phenoxy) is 1. The molecule has 3 rings (SSSR count). The Kier molecular flexibility index (Phi) is 6.07. The van der Waals surface area contributed by atoms with Crippen LogP contribution in [0.3, 0.4) is 0 Å². The van der Waals surface area contributed by atoms with Crippen molar-refractivity contribution in [3.8, 4) is 5.75 Å². The molecular formula is C20H24FN3O2. The number of anilines is 1. The molecule has 2 aromatic rings. The van der Waals surface area contributed by atoms with Crippen molar-refractivity contribution < 1.29 is 13.9 Å². The summed E-state index contributed by atoms with van der Waals surface area (Å²) in [4.78, 5) is 16.5. The van der Waals surface area contributed by atoms with Gasteiger partial charge in [0.25, 0.3) is 0 Å².